The second-order valence-electron chi connectivity index (χ2n) is 31.8. The van der Waals surface area contributed by atoms with E-state index in [9.17, 15) is 90.6 Å². The van der Waals surface area contributed by atoms with Crippen LogP contribution in [0.2, 0.25) is 0 Å². The third-order valence-corrected chi connectivity index (χ3v) is 21.1. The molecule has 15 N–H and O–H groups in total. The highest BCUT2D eigenvalue weighted by atomic mass is 32.1. The predicted molar refractivity (Wildman–Crippen MR) is 418 cm³/mol. The molecular weight excluding hydrogens is 1440 g/mol. The van der Waals surface area contributed by atoms with Gasteiger partial charge in [-0.1, -0.05) is 12.1 Å². The van der Waals surface area contributed by atoms with Crippen LogP contribution in [0.5, 0.6) is 34.5 Å². The number of nitrogens with one attached hydrogen (secondary N) is 3. The number of anilines is 6. The molecule has 9 aromatic rings. The molecule has 0 bridgehead atoms. The molecule has 0 saturated carbocycles. The van der Waals surface area contributed by atoms with Crippen molar-refractivity contribution in [2.24, 2.45) is 0 Å². The highest BCUT2D eigenvalue weighted by molar-refractivity contribution is 7.24. The molecule has 2 aliphatic carbocycles. The number of benzene rings is 8. The molecule has 110 heavy (non-hydrogen) atoms. The van der Waals surface area contributed by atoms with Crippen molar-refractivity contribution < 1.29 is 109 Å². The van der Waals surface area contributed by atoms with Crippen LogP contribution in [0.15, 0.2) is 88.5 Å². The molecule has 586 valence electrons. The van der Waals surface area contributed by atoms with Crippen LogP contribution in [0.3, 0.4) is 0 Å². The van der Waals surface area contributed by atoms with E-state index in [1.54, 1.807) is 84.6 Å². The number of aromatic nitrogens is 1. The van der Waals surface area contributed by atoms with Crippen LogP contribution in [0, 0.1) is 0 Å². The minimum absolute atomic E-state index is 0.119. The Morgan fingerprint density at radius 3 is 1.26 bits per heavy atom. The lowest BCUT2D eigenvalue weighted by atomic mass is 9.79. The molecule has 32 heteroatoms. The summed E-state index contributed by atoms with van der Waals surface area (Å²) in [6, 6.07) is 20.3. The first kappa shape index (κ1) is 80.7. The van der Waals surface area contributed by atoms with Crippen molar-refractivity contribution in [1.29, 1.82) is 0 Å². The number of hydroxylamine groups is 18. The lowest BCUT2D eigenvalue weighted by molar-refractivity contribution is -1.07. The van der Waals surface area contributed by atoms with Gasteiger partial charge in [0.2, 0.25) is 23.1 Å². The van der Waals surface area contributed by atoms with E-state index < -0.39 is 39.7 Å². The number of aromatic hydroxyl groups is 6. The van der Waals surface area contributed by atoms with E-state index in [1.807, 2.05) is 68.8 Å². The number of hydrogen-bond acceptors (Lipinski definition) is 25. The molecule has 1 aromatic heterocycles. The number of ketones is 4. The first-order valence-electron chi connectivity index (χ1n) is 36.1. The van der Waals surface area contributed by atoms with E-state index >= 15 is 0 Å². The Morgan fingerprint density at radius 1 is 0.400 bits per heavy atom. The van der Waals surface area contributed by atoms with Crippen LogP contribution in [0.4, 0.5) is 34.1 Å². The summed E-state index contributed by atoms with van der Waals surface area (Å²) in [4.78, 5) is 87.1. The number of aryl methyl sites for hydroxylation is 1. The van der Waals surface area contributed by atoms with Gasteiger partial charge < -0.3 is 65.9 Å². The summed E-state index contributed by atoms with van der Waals surface area (Å²) < 4.78 is 2.04. The van der Waals surface area contributed by atoms with Crippen LogP contribution in [-0.2, 0) is 13.0 Å². The maximum absolute atomic E-state index is 13.9. The number of carbonyl (C=O) groups excluding carboxylic acids is 4. The third-order valence-electron chi connectivity index (χ3n) is 20.0. The molecule has 8 aromatic carbocycles. The van der Waals surface area contributed by atoms with E-state index in [4.69, 9.17) is 0 Å². The summed E-state index contributed by atoms with van der Waals surface area (Å²) in [5.74, 6) is -4.45. The number of phenolic OH excluding ortho intramolecular Hbond substituents is 6. The van der Waals surface area contributed by atoms with Gasteiger partial charge in [0.1, 0.15) is 73.8 Å². The van der Waals surface area contributed by atoms with Gasteiger partial charge in [0.15, 0.2) is 10.9 Å². The molecule has 0 spiro atoms. The normalized spacial score (nSPS) is 14.5. The predicted octanol–water partition coefficient (Wildman–Crippen LogP) is 7.08. The zero-order valence-corrected chi connectivity index (χ0v) is 65.0. The lowest BCUT2D eigenvalue weighted by Gasteiger charge is -2.40. The Morgan fingerprint density at radius 2 is 0.800 bits per heavy atom. The largest absolute Gasteiger partial charge is 0.507 e. The molecule has 0 saturated heterocycles. The minimum Gasteiger partial charge on any atom is -0.507 e. The van der Waals surface area contributed by atoms with Crippen molar-refractivity contribution in [3.63, 3.8) is 0 Å². The molecule has 31 nitrogen and oxygen atoms in total. The molecule has 0 atom stereocenters. The number of quaternary nitrogens is 6. The summed E-state index contributed by atoms with van der Waals surface area (Å²) in [5, 5.41) is 136. The van der Waals surface area contributed by atoms with Gasteiger partial charge in [-0.05, 0) is 85.1 Å². The quantitative estimate of drug-likeness (QED) is 0.0112. The Hall–Kier alpha value is -10.3. The van der Waals surface area contributed by atoms with Crippen molar-refractivity contribution in [3.8, 4) is 34.5 Å². The standard InChI is InChI=1S/C28H30N4O6S.C25H33N5O6.C25H32N4O6/c1-31(2,37)13-11-29-16-15-21-26(30(12-14-32(3,4)38)17-7-5-6-8-20(17)39-21)25-22(16)27(35)23-18(33)9-10-19(34)24(23)28(25)36;1-27-9-10-28(11-13-30(4,5)36)23-16(27)14-15(26-8-12-29(2,3)35)19-22(23)25(34)21-18(32)7-6-17(31)20(21)24(19)33;1-28(2,34)12-9-26-16-14-15-6-5-10-27(11-13-29(3,4)35)23(15)22-19(16)24(32)20-17(30)7-8-18(31)21(20)25(22)33/h5-10,15,37-38H,11-14H2,1-4H3,(H-2,29,33,34,35,36);6-7,14,35-36H,8-13H2,1-5H3,(H-2,26,31,32,33,34);7-8,14,34-35H,5-6,9-13H2,1-4H3,(H-2,26,30,31,32,33)/p+6. The second-order valence-corrected chi connectivity index (χ2v) is 32.9. The smallest absolute Gasteiger partial charge is 0.200 e. The van der Waals surface area contributed by atoms with E-state index in [0.717, 1.165) is 44.7 Å². The van der Waals surface area contributed by atoms with E-state index in [-0.39, 0.29) is 123 Å². The zero-order chi connectivity index (χ0) is 80.6. The van der Waals surface area contributed by atoms with E-state index in [1.165, 1.54) is 35.6 Å². The van der Waals surface area contributed by atoms with Gasteiger partial charge in [0.25, 0.3) is 0 Å². The summed E-state index contributed by atoms with van der Waals surface area (Å²) in [6.07, 6.45) is 1.54. The fraction of sp³-hybridized carbons (Fsp3) is 0.385. The first-order chi connectivity index (χ1) is 51.2. The van der Waals surface area contributed by atoms with Gasteiger partial charge in [-0.25, -0.2) is 31.2 Å². The van der Waals surface area contributed by atoms with E-state index in [2.05, 4.69) is 16.0 Å². The maximum Gasteiger partial charge on any atom is 0.200 e. The highest BCUT2D eigenvalue weighted by Gasteiger charge is 2.44. The number of fused-ring (bicyclic) bond motifs is 13. The van der Waals surface area contributed by atoms with Gasteiger partial charge in [0.05, 0.1) is 227 Å². The second kappa shape index (κ2) is 30.2. The van der Waals surface area contributed by atoms with Crippen molar-refractivity contribution in [1.82, 2.24) is 4.57 Å². The molecule has 2 aliphatic heterocycles. The fourth-order valence-corrected chi connectivity index (χ4v) is 15.6. The summed E-state index contributed by atoms with van der Waals surface area (Å²) >= 11 is 1.48. The number of carbonyl (C=O) groups is 4. The van der Waals surface area contributed by atoms with Gasteiger partial charge in [-0.15, -0.1) is 11.3 Å². The van der Waals surface area contributed by atoms with Crippen molar-refractivity contribution >= 4 is 111 Å². The average Bonchev–Trinajstić information content (AvgIpc) is 0.722. The van der Waals surface area contributed by atoms with Gasteiger partial charge in [-0.2, -0.15) is 27.9 Å². The number of hydrogen-bond donors (Lipinski definition) is 15. The fourth-order valence-electron chi connectivity index (χ4n) is 14.4. The molecule has 13 rings (SSSR count). The zero-order valence-electron chi connectivity index (χ0n) is 64.2. The van der Waals surface area contributed by atoms with E-state index in [0.29, 0.717) is 139 Å². The Kier molecular flexibility index (Phi) is 22.1. The van der Waals surface area contributed by atoms with Crippen LogP contribution in [0.1, 0.15) is 75.7 Å². The van der Waals surface area contributed by atoms with Gasteiger partial charge >= 0.3 is 0 Å². The Bertz CT molecular complexity index is 5330. The summed E-state index contributed by atoms with van der Waals surface area (Å²) in [7, 11) is 21.7. The lowest BCUT2D eigenvalue weighted by Crippen LogP contribution is -2.47. The summed E-state index contributed by atoms with van der Waals surface area (Å²) in [6.45, 7) is 6.27. The van der Waals surface area contributed by atoms with Crippen molar-refractivity contribution in [2.75, 3.05) is 214 Å². The third kappa shape index (κ3) is 16.7. The number of nitrogens with zero attached hydrogens (tertiary/aromatic N) is 10. The summed E-state index contributed by atoms with van der Waals surface area (Å²) in [5.41, 5.74) is 4.17. The molecule has 0 fully saturated rings. The van der Waals surface area contributed by atoms with Crippen LogP contribution < -0.4 is 41.5 Å². The van der Waals surface area contributed by atoms with Crippen molar-refractivity contribution in [2.45, 2.75) is 19.4 Å². The van der Waals surface area contributed by atoms with Crippen LogP contribution in [-0.4, -0.2) is 301 Å². The maximum atomic E-state index is 13.9. The van der Waals surface area contributed by atoms with Gasteiger partial charge in [0, 0.05) is 43.7 Å². The Labute approximate surface area is 638 Å². The number of phenols is 6. The molecule has 0 amide bonds. The molecule has 4 aliphatic rings. The number of likely N-dealkylation sites (N-methyl/N-ethyl adjacent to an activating group) is 7. The SMILES string of the molecule is CN1CCN(CC[N+](C)(C)O)c2c1cc(NCC[N+](C)(C)O)c1c2C(=O)c2c(O)ccc(O)c2C1=O.C[N+](C)(O)CCNc1cc2c(c3c1C(=O)c1c(O)ccc(O)c1C3=O)N(CC[N+](C)(C)O)CCC2.C[N+](C)(O)CCNc1cc2sc3ccccc3n(CC[N+](C)(C)O)c2c2c(O)c3c(=O)ccc(=O)c3c(O)c12. The van der Waals surface area contributed by atoms with Crippen LogP contribution in [0.25, 0.3) is 42.0 Å². The molecule has 3 heterocycles. The number of rotatable bonds is 21. The molecule has 0 unspecified atom stereocenters. The molecule has 0 radical (unpaired) electrons. The minimum atomic E-state index is -0.577. The van der Waals surface area contributed by atoms with Crippen molar-refractivity contribution in [3.05, 3.63) is 149 Å². The average molecular weight is 1540 g/mol. The molecular formula is C78H101N13O18S+6. The topological polar surface area (TPSA) is 396 Å². The Balaban J connectivity index is 0.000000164. The first-order valence-corrected chi connectivity index (χ1v) is 36.9. The van der Waals surface area contributed by atoms with Crippen LogP contribution >= 0.6 is 11.3 Å². The highest BCUT2D eigenvalue weighted by Crippen LogP contribution is 2.51. The number of para-hydroxylation sites is 1. The van der Waals surface area contributed by atoms with Gasteiger partial charge in [-0.3, -0.25) is 28.8 Å². The monoisotopic (exact) mass is 1540 g/mol.